The molecule has 1 aliphatic rings. The highest BCUT2D eigenvalue weighted by atomic mass is 32.1. The molecule has 18 heavy (non-hydrogen) atoms. The Morgan fingerprint density at radius 3 is 2.00 bits per heavy atom. The van der Waals surface area contributed by atoms with E-state index in [1.165, 1.54) is 0 Å². The lowest BCUT2D eigenvalue weighted by molar-refractivity contribution is 0.00578. The van der Waals surface area contributed by atoms with Gasteiger partial charge in [0.2, 0.25) is 0 Å². The predicted octanol–water partition coefficient (Wildman–Crippen LogP) is 2.74. The molecule has 0 saturated carbocycles. The van der Waals surface area contributed by atoms with Gasteiger partial charge in [-0.2, -0.15) is 0 Å². The zero-order valence-corrected chi connectivity index (χ0v) is 13.1. The van der Waals surface area contributed by atoms with Gasteiger partial charge in [-0.1, -0.05) is 20.8 Å². The van der Waals surface area contributed by atoms with Crippen molar-refractivity contribution in [1.82, 2.24) is 4.98 Å². The molecule has 1 aromatic rings. The normalized spacial score (nSPS) is 22.5. The Hall–Kier alpha value is -0.385. The fourth-order valence-corrected chi connectivity index (χ4v) is 2.61. The molecule has 0 amide bonds. The minimum atomic E-state index is -0.345. The van der Waals surface area contributed by atoms with Crippen LogP contribution in [0.4, 0.5) is 0 Å². The molecule has 100 valence electrons. The lowest BCUT2D eigenvalue weighted by Crippen LogP contribution is -2.41. The molecule has 0 bridgehead atoms. The fraction of sp³-hybridized carbons (Fsp3) is 0.769. The van der Waals surface area contributed by atoms with Crippen molar-refractivity contribution in [3.63, 3.8) is 0 Å². The first-order valence-corrected chi connectivity index (χ1v) is 7.22. The Bertz CT molecular complexity index is 432. The SMILES string of the molecule is CC(C)(C)c1nc(B2OC(C)(C)C(C)(C)O2)cs1. The molecule has 0 aromatic carbocycles. The van der Waals surface area contributed by atoms with E-state index in [1.54, 1.807) is 11.3 Å². The van der Waals surface area contributed by atoms with Crippen molar-refractivity contribution in [1.29, 1.82) is 0 Å². The standard InChI is InChI=1S/C13H22BNO2S/c1-11(2,3)10-15-9(8-18-10)14-16-12(4,5)13(6,7)17-14/h8H,1-7H3. The maximum Gasteiger partial charge on any atom is 0.515 e. The van der Waals surface area contributed by atoms with Crippen LogP contribution in [0.1, 0.15) is 53.5 Å². The van der Waals surface area contributed by atoms with E-state index < -0.39 is 0 Å². The maximum absolute atomic E-state index is 6.00. The topological polar surface area (TPSA) is 31.4 Å². The monoisotopic (exact) mass is 267 g/mol. The van der Waals surface area contributed by atoms with Crippen LogP contribution in [0.2, 0.25) is 0 Å². The summed E-state index contributed by atoms with van der Waals surface area (Å²) in [5.41, 5.74) is 0.363. The predicted molar refractivity (Wildman–Crippen MR) is 76.5 cm³/mol. The first-order valence-electron chi connectivity index (χ1n) is 6.34. The van der Waals surface area contributed by atoms with E-state index in [2.05, 4.69) is 53.5 Å². The van der Waals surface area contributed by atoms with Crippen molar-refractivity contribution < 1.29 is 9.31 Å². The summed E-state index contributed by atoms with van der Waals surface area (Å²) in [6, 6.07) is 0. The second kappa shape index (κ2) is 4.05. The quantitative estimate of drug-likeness (QED) is 0.733. The molecule has 1 aliphatic heterocycles. The van der Waals surface area contributed by atoms with Gasteiger partial charge in [-0.15, -0.1) is 11.3 Å². The van der Waals surface area contributed by atoms with Gasteiger partial charge in [0.25, 0.3) is 0 Å². The van der Waals surface area contributed by atoms with Crippen molar-refractivity contribution in [3.05, 3.63) is 10.4 Å². The molecule has 3 nitrogen and oxygen atoms in total. The third kappa shape index (κ3) is 2.36. The van der Waals surface area contributed by atoms with E-state index in [4.69, 9.17) is 9.31 Å². The third-order valence-electron chi connectivity index (χ3n) is 3.66. The van der Waals surface area contributed by atoms with Crippen molar-refractivity contribution >= 4 is 24.0 Å². The molecule has 0 unspecified atom stereocenters. The number of rotatable bonds is 1. The molecule has 1 fully saturated rings. The minimum Gasteiger partial charge on any atom is -0.398 e. The average Bonchev–Trinajstić information content (AvgIpc) is 2.69. The summed E-state index contributed by atoms with van der Waals surface area (Å²) in [6.45, 7) is 14.7. The molecule has 0 radical (unpaired) electrons. The van der Waals surface area contributed by atoms with E-state index in [9.17, 15) is 0 Å². The number of hydrogen-bond donors (Lipinski definition) is 0. The van der Waals surface area contributed by atoms with E-state index in [0.29, 0.717) is 0 Å². The summed E-state index contributed by atoms with van der Waals surface area (Å²) in [4.78, 5) is 4.66. The minimum absolute atomic E-state index is 0.0759. The highest BCUT2D eigenvalue weighted by Crippen LogP contribution is 2.36. The molecule has 1 saturated heterocycles. The van der Waals surface area contributed by atoms with Crippen molar-refractivity contribution in [2.45, 2.75) is 65.1 Å². The lowest BCUT2D eigenvalue weighted by Gasteiger charge is -2.32. The second-order valence-corrected chi connectivity index (χ2v) is 7.77. The Morgan fingerprint density at radius 1 is 1.11 bits per heavy atom. The van der Waals surface area contributed by atoms with Crippen LogP contribution in [-0.4, -0.2) is 23.3 Å². The Morgan fingerprint density at radius 2 is 1.61 bits per heavy atom. The molecule has 1 aromatic heterocycles. The van der Waals surface area contributed by atoms with Gasteiger partial charge in [-0.3, -0.25) is 0 Å². The van der Waals surface area contributed by atoms with Crippen molar-refractivity contribution in [2.24, 2.45) is 0 Å². The molecular formula is C13H22BNO2S. The number of hydrogen-bond acceptors (Lipinski definition) is 4. The van der Waals surface area contributed by atoms with Crippen LogP contribution < -0.4 is 5.59 Å². The number of thiazole rings is 1. The zero-order chi connectivity index (χ0) is 13.8. The molecular weight excluding hydrogens is 245 g/mol. The number of nitrogens with zero attached hydrogens (tertiary/aromatic N) is 1. The van der Waals surface area contributed by atoms with Gasteiger partial charge in [0.1, 0.15) is 0 Å². The lowest BCUT2D eigenvalue weighted by atomic mass is 9.86. The Kier molecular flexibility index (Phi) is 3.16. The Labute approximate surface area is 114 Å². The first kappa shape index (κ1) is 14.0. The highest BCUT2D eigenvalue weighted by molar-refractivity contribution is 7.10. The van der Waals surface area contributed by atoms with E-state index in [1.807, 2.05) is 5.38 Å². The van der Waals surface area contributed by atoms with E-state index in [0.717, 1.165) is 10.6 Å². The van der Waals surface area contributed by atoms with E-state index in [-0.39, 0.29) is 23.7 Å². The van der Waals surface area contributed by atoms with Crippen LogP contribution in [0.25, 0.3) is 0 Å². The molecule has 2 heterocycles. The van der Waals surface area contributed by atoms with Gasteiger partial charge < -0.3 is 9.31 Å². The van der Waals surface area contributed by atoms with Gasteiger partial charge in [-0.25, -0.2) is 4.98 Å². The summed E-state index contributed by atoms with van der Waals surface area (Å²) in [5, 5.41) is 3.16. The summed E-state index contributed by atoms with van der Waals surface area (Å²) < 4.78 is 12.0. The highest BCUT2D eigenvalue weighted by Gasteiger charge is 2.52. The number of aromatic nitrogens is 1. The van der Waals surface area contributed by atoms with Gasteiger partial charge in [0.15, 0.2) is 0 Å². The first-order chi connectivity index (χ1) is 8.03. The summed E-state index contributed by atoms with van der Waals surface area (Å²) >= 11 is 1.67. The van der Waals surface area contributed by atoms with Crippen LogP contribution in [-0.2, 0) is 14.7 Å². The summed E-state index contributed by atoms with van der Waals surface area (Å²) in [5.74, 6) is 0. The molecule has 0 spiro atoms. The van der Waals surface area contributed by atoms with Crippen LogP contribution in [0.15, 0.2) is 5.38 Å². The van der Waals surface area contributed by atoms with Gasteiger partial charge in [-0.05, 0) is 27.7 Å². The van der Waals surface area contributed by atoms with Gasteiger partial charge in [0, 0.05) is 10.8 Å². The second-order valence-electron chi connectivity index (χ2n) is 6.92. The van der Waals surface area contributed by atoms with Crippen LogP contribution in [0.5, 0.6) is 0 Å². The molecule has 0 N–H and O–H groups in total. The third-order valence-corrected chi connectivity index (χ3v) is 4.94. The van der Waals surface area contributed by atoms with Crippen molar-refractivity contribution in [3.8, 4) is 0 Å². The molecule has 0 atom stereocenters. The summed E-state index contributed by atoms with van der Waals surface area (Å²) in [7, 11) is -0.345. The van der Waals surface area contributed by atoms with Gasteiger partial charge in [0.05, 0.1) is 21.8 Å². The van der Waals surface area contributed by atoms with Gasteiger partial charge >= 0.3 is 7.12 Å². The van der Waals surface area contributed by atoms with Crippen LogP contribution in [0, 0.1) is 0 Å². The fourth-order valence-electron chi connectivity index (χ4n) is 1.70. The smallest absolute Gasteiger partial charge is 0.398 e. The maximum atomic E-state index is 6.00. The average molecular weight is 267 g/mol. The molecule has 2 rings (SSSR count). The van der Waals surface area contributed by atoms with Crippen LogP contribution >= 0.6 is 11.3 Å². The molecule has 5 heteroatoms. The molecule has 0 aliphatic carbocycles. The van der Waals surface area contributed by atoms with Crippen molar-refractivity contribution in [2.75, 3.05) is 0 Å². The Balaban J connectivity index is 2.23. The zero-order valence-electron chi connectivity index (χ0n) is 12.3. The largest absolute Gasteiger partial charge is 0.515 e. The van der Waals surface area contributed by atoms with E-state index >= 15 is 0 Å². The van der Waals surface area contributed by atoms with Crippen LogP contribution in [0.3, 0.4) is 0 Å². The summed E-state index contributed by atoms with van der Waals surface area (Å²) in [6.07, 6.45) is 0.